The number of amides is 2. The molecule has 11 heteroatoms. The second-order valence-electron chi connectivity index (χ2n) is 6.87. The van der Waals surface area contributed by atoms with E-state index in [1.807, 2.05) is 0 Å². The molecule has 0 aliphatic heterocycles. The summed E-state index contributed by atoms with van der Waals surface area (Å²) in [6.45, 7) is 6.85. The molecule has 0 rings (SSSR count). The van der Waals surface area contributed by atoms with E-state index in [0.717, 1.165) is 0 Å². The Bertz CT molecular complexity index is 614. The van der Waals surface area contributed by atoms with Crippen LogP contribution in [-0.2, 0) is 29.1 Å². The number of likely N-dealkylation sites (N-methyl/N-ethyl adjacent to an activating group) is 1. The molecule has 0 radical (unpaired) electrons. The Kier molecular flexibility index (Phi) is 10.3. The van der Waals surface area contributed by atoms with E-state index in [1.165, 1.54) is 26.0 Å². The van der Waals surface area contributed by atoms with Crippen molar-refractivity contribution in [2.45, 2.75) is 52.2 Å². The molecule has 0 heterocycles. The minimum atomic E-state index is -3.32. The molecule has 0 saturated heterocycles. The molecule has 10 nitrogen and oxygen atoms in total. The Morgan fingerprint density at radius 1 is 1.19 bits per heavy atom. The summed E-state index contributed by atoms with van der Waals surface area (Å²) in [5.74, 6) is -1.03. The van der Waals surface area contributed by atoms with Crippen LogP contribution in [-0.4, -0.2) is 75.9 Å². The smallest absolute Gasteiger partial charge is 0.408 e. The summed E-state index contributed by atoms with van der Waals surface area (Å²) >= 11 is 0. The average molecular weight is 410 g/mol. The van der Waals surface area contributed by atoms with E-state index >= 15 is 0 Å². The van der Waals surface area contributed by atoms with Crippen LogP contribution in [0.25, 0.3) is 0 Å². The second-order valence-corrected chi connectivity index (χ2v) is 8.97. The van der Waals surface area contributed by atoms with Crippen LogP contribution >= 0.6 is 0 Å². The number of sulfonamides is 1. The SMILES string of the molecule is CCS(=O)(=O)NCCN(C)C(=O)CC[C@H](NC(=O)OC(C)(C)C)C(=O)OC. The van der Waals surface area contributed by atoms with Gasteiger partial charge in [0.2, 0.25) is 15.9 Å². The molecule has 0 spiro atoms. The van der Waals surface area contributed by atoms with Gasteiger partial charge in [0.25, 0.3) is 0 Å². The number of nitrogens with one attached hydrogen (secondary N) is 2. The number of hydrogen-bond acceptors (Lipinski definition) is 7. The Morgan fingerprint density at radius 2 is 1.78 bits per heavy atom. The lowest BCUT2D eigenvalue weighted by molar-refractivity contribution is -0.143. The average Bonchev–Trinajstić information content (AvgIpc) is 2.55. The predicted octanol–water partition coefficient (Wildman–Crippen LogP) is 0.231. The van der Waals surface area contributed by atoms with Crippen molar-refractivity contribution in [1.29, 1.82) is 0 Å². The maximum absolute atomic E-state index is 12.2. The zero-order valence-corrected chi connectivity index (χ0v) is 17.6. The van der Waals surface area contributed by atoms with Crippen LogP contribution in [0.5, 0.6) is 0 Å². The van der Waals surface area contributed by atoms with Gasteiger partial charge >= 0.3 is 12.1 Å². The van der Waals surface area contributed by atoms with Gasteiger partial charge in [-0.05, 0) is 34.1 Å². The molecule has 0 bridgehead atoms. The lowest BCUT2D eigenvalue weighted by Gasteiger charge is -2.23. The van der Waals surface area contributed by atoms with Crippen molar-refractivity contribution in [3.05, 3.63) is 0 Å². The molecule has 158 valence electrons. The second kappa shape index (κ2) is 11.1. The number of nitrogens with zero attached hydrogens (tertiary/aromatic N) is 1. The zero-order chi connectivity index (χ0) is 21.3. The monoisotopic (exact) mass is 409 g/mol. The number of rotatable bonds is 10. The number of carbonyl (C=O) groups is 3. The van der Waals surface area contributed by atoms with Crippen LogP contribution in [0.15, 0.2) is 0 Å². The number of ether oxygens (including phenoxy) is 2. The maximum Gasteiger partial charge on any atom is 0.408 e. The fourth-order valence-corrected chi connectivity index (χ4v) is 2.50. The first kappa shape index (κ1) is 25.1. The summed E-state index contributed by atoms with van der Waals surface area (Å²) in [4.78, 5) is 37.1. The van der Waals surface area contributed by atoms with Gasteiger partial charge in [0.05, 0.1) is 12.9 Å². The van der Waals surface area contributed by atoms with Crippen LogP contribution in [0.3, 0.4) is 0 Å². The van der Waals surface area contributed by atoms with Gasteiger partial charge in [-0.15, -0.1) is 0 Å². The first-order chi connectivity index (χ1) is 12.3. The summed E-state index contributed by atoms with van der Waals surface area (Å²) in [7, 11) is -0.615. The number of methoxy groups -OCH3 is 1. The number of alkyl carbamates (subject to hydrolysis) is 1. The molecule has 2 N–H and O–H groups in total. The van der Waals surface area contributed by atoms with Crippen molar-refractivity contribution < 1.29 is 32.3 Å². The van der Waals surface area contributed by atoms with E-state index in [-0.39, 0.29) is 37.6 Å². The summed E-state index contributed by atoms with van der Waals surface area (Å²) in [5, 5.41) is 2.39. The molecule has 0 aromatic rings. The Balaban J connectivity index is 4.58. The van der Waals surface area contributed by atoms with Gasteiger partial charge in [-0.3, -0.25) is 4.79 Å². The van der Waals surface area contributed by atoms with E-state index in [2.05, 4.69) is 14.8 Å². The van der Waals surface area contributed by atoms with Crippen LogP contribution < -0.4 is 10.0 Å². The minimum absolute atomic E-state index is 0.0236. The summed E-state index contributed by atoms with van der Waals surface area (Å²) in [5.41, 5.74) is -0.730. The lowest BCUT2D eigenvalue weighted by atomic mass is 10.1. The highest BCUT2D eigenvalue weighted by Gasteiger charge is 2.26. The van der Waals surface area contributed by atoms with Crippen molar-refractivity contribution in [3.8, 4) is 0 Å². The third-order valence-electron chi connectivity index (χ3n) is 3.40. The van der Waals surface area contributed by atoms with Gasteiger partial charge < -0.3 is 19.7 Å². The van der Waals surface area contributed by atoms with E-state index < -0.39 is 33.7 Å². The highest BCUT2D eigenvalue weighted by molar-refractivity contribution is 7.89. The molecule has 0 fully saturated rings. The number of esters is 1. The van der Waals surface area contributed by atoms with Gasteiger partial charge in [-0.1, -0.05) is 0 Å². The highest BCUT2D eigenvalue weighted by Crippen LogP contribution is 2.09. The molecule has 0 unspecified atom stereocenters. The number of hydrogen-bond donors (Lipinski definition) is 2. The van der Waals surface area contributed by atoms with E-state index in [0.29, 0.717) is 0 Å². The highest BCUT2D eigenvalue weighted by atomic mass is 32.2. The van der Waals surface area contributed by atoms with E-state index in [9.17, 15) is 22.8 Å². The van der Waals surface area contributed by atoms with Crippen LogP contribution in [0.2, 0.25) is 0 Å². The summed E-state index contributed by atoms with van der Waals surface area (Å²) in [6.07, 6.45) is -0.796. The van der Waals surface area contributed by atoms with Gasteiger partial charge in [-0.25, -0.2) is 22.7 Å². The Morgan fingerprint density at radius 3 is 2.26 bits per heavy atom. The van der Waals surface area contributed by atoms with Crippen molar-refractivity contribution in [3.63, 3.8) is 0 Å². The third kappa shape index (κ3) is 11.4. The first-order valence-electron chi connectivity index (χ1n) is 8.60. The molecule has 0 aliphatic carbocycles. The topological polar surface area (TPSA) is 131 Å². The van der Waals surface area contributed by atoms with Crippen molar-refractivity contribution in [2.75, 3.05) is 33.0 Å². The van der Waals surface area contributed by atoms with E-state index in [1.54, 1.807) is 20.8 Å². The number of carbonyl (C=O) groups excluding carboxylic acids is 3. The third-order valence-corrected chi connectivity index (χ3v) is 4.80. The molecule has 2 amide bonds. The molecule has 0 aliphatic rings. The quantitative estimate of drug-likeness (QED) is 0.494. The van der Waals surface area contributed by atoms with Gasteiger partial charge in [0, 0.05) is 26.6 Å². The molecule has 0 saturated carbocycles. The first-order valence-corrected chi connectivity index (χ1v) is 10.2. The van der Waals surface area contributed by atoms with Crippen molar-refractivity contribution >= 4 is 28.0 Å². The predicted molar refractivity (Wildman–Crippen MR) is 99.5 cm³/mol. The van der Waals surface area contributed by atoms with Gasteiger partial charge in [-0.2, -0.15) is 0 Å². The van der Waals surface area contributed by atoms with Crippen LogP contribution in [0.4, 0.5) is 4.79 Å². The molecule has 1 atom stereocenters. The summed E-state index contributed by atoms with van der Waals surface area (Å²) < 4.78 is 34.8. The Hall–Kier alpha value is -1.88. The lowest BCUT2D eigenvalue weighted by Crippen LogP contribution is -2.44. The standard InChI is InChI=1S/C16H31N3O7S/c1-7-27(23,24)17-10-11-19(5)13(20)9-8-12(14(21)25-6)18-15(22)26-16(2,3)4/h12,17H,7-11H2,1-6H3,(H,18,22)/t12-/m0/s1. The van der Waals surface area contributed by atoms with Crippen molar-refractivity contribution in [1.82, 2.24) is 14.9 Å². The van der Waals surface area contributed by atoms with Gasteiger partial charge in [0.15, 0.2) is 0 Å². The Labute approximate surface area is 161 Å². The van der Waals surface area contributed by atoms with Crippen LogP contribution in [0, 0.1) is 0 Å². The minimum Gasteiger partial charge on any atom is -0.467 e. The molecular formula is C16H31N3O7S. The fourth-order valence-electron chi connectivity index (χ4n) is 1.90. The van der Waals surface area contributed by atoms with Gasteiger partial charge in [0.1, 0.15) is 11.6 Å². The van der Waals surface area contributed by atoms with E-state index in [4.69, 9.17) is 4.74 Å². The molecule has 0 aromatic carbocycles. The summed E-state index contributed by atoms with van der Waals surface area (Å²) in [6, 6.07) is -1.03. The maximum atomic E-state index is 12.2. The molecular weight excluding hydrogens is 378 g/mol. The van der Waals surface area contributed by atoms with Crippen molar-refractivity contribution in [2.24, 2.45) is 0 Å². The molecule has 27 heavy (non-hydrogen) atoms. The largest absolute Gasteiger partial charge is 0.467 e. The van der Waals surface area contributed by atoms with Crippen LogP contribution in [0.1, 0.15) is 40.5 Å². The normalized spacial score (nSPS) is 12.8. The fraction of sp³-hybridized carbons (Fsp3) is 0.812. The molecule has 0 aromatic heterocycles. The zero-order valence-electron chi connectivity index (χ0n) is 16.8.